The van der Waals surface area contributed by atoms with E-state index in [4.69, 9.17) is 0 Å². The zero-order valence-corrected chi connectivity index (χ0v) is 19.7. The summed E-state index contributed by atoms with van der Waals surface area (Å²) in [6, 6.07) is 23.4. The second-order valence-corrected chi connectivity index (χ2v) is 8.82. The Labute approximate surface area is 200 Å². The summed E-state index contributed by atoms with van der Waals surface area (Å²) in [6.45, 7) is 3.04. The van der Waals surface area contributed by atoms with Crippen LogP contribution < -0.4 is 5.32 Å². The average Bonchev–Trinajstić information content (AvgIpc) is 3.54. The molecular formula is C28H30N6. The van der Waals surface area contributed by atoms with E-state index in [1.807, 2.05) is 23.1 Å². The molecule has 0 fully saturated rings. The van der Waals surface area contributed by atoms with Gasteiger partial charge in [0.05, 0.1) is 17.6 Å². The number of pyridine rings is 1. The zero-order valence-electron chi connectivity index (χ0n) is 19.7. The summed E-state index contributed by atoms with van der Waals surface area (Å²) < 4.78 is 4.01. The van der Waals surface area contributed by atoms with Crippen LogP contribution in [0.4, 0.5) is 0 Å². The third-order valence-corrected chi connectivity index (χ3v) is 6.00. The quantitative estimate of drug-likeness (QED) is 0.325. The van der Waals surface area contributed by atoms with Crippen LogP contribution in [0.2, 0.25) is 0 Å². The highest BCUT2D eigenvalue weighted by molar-refractivity contribution is 5.71. The topological polar surface area (TPSA) is 50.4 Å². The van der Waals surface area contributed by atoms with Crippen LogP contribution in [0, 0.1) is 0 Å². The maximum absolute atomic E-state index is 4.69. The van der Waals surface area contributed by atoms with Gasteiger partial charge in [0.15, 0.2) is 0 Å². The van der Waals surface area contributed by atoms with Crippen molar-refractivity contribution in [2.45, 2.75) is 13.0 Å². The molecule has 0 unspecified atom stereocenters. The number of benzene rings is 2. The molecule has 0 radical (unpaired) electrons. The number of hydrogen-bond donors (Lipinski definition) is 1. The van der Waals surface area contributed by atoms with Gasteiger partial charge in [0.2, 0.25) is 0 Å². The van der Waals surface area contributed by atoms with Gasteiger partial charge in [-0.2, -0.15) is 5.10 Å². The van der Waals surface area contributed by atoms with E-state index in [1.165, 1.54) is 16.7 Å². The lowest BCUT2D eigenvalue weighted by Gasteiger charge is -2.10. The first-order chi connectivity index (χ1) is 16.7. The lowest BCUT2D eigenvalue weighted by atomic mass is 10.0. The van der Waals surface area contributed by atoms with E-state index in [0.717, 1.165) is 48.6 Å². The van der Waals surface area contributed by atoms with Crippen molar-refractivity contribution in [3.63, 3.8) is 0 Å². The zero-order chi connectivity index (χ0) is 23.3. The molecule has 3 heterocycles. The average molecular weight is 451 g/mol. The molecule has 5 aromatic rings. The Kier molecular flexibility index (Phi) is 6.51. The van der Waals surface area contributed by atoms with E-state index in [9.17, 15) is 0 Å². The SMILES string of the molecule is CN(C)CCCNCc1ccc(-c2ccn3c(-c4cccc(-n5cccn5)c4)cnc3c2)cc1. The van der Waals surface area contributed by atoms with Crippen molar-refractivity contribution in [2.75, 3.05) is 27.2 Å². The first-order valence-electron chi connectivity index (χ1n) is 11.7. The van der Waals surface area contributed by atoms with E-state index in [0.29, 0.717) is 0 Å². The fourth-order valence-corrected chi connectivity index (χ4v) is 4.17. The molecule has 172 valence electrons. The van der Waals surface area contributed by atoms with Gasteiger partial charge < -0.3 is 10.2 Å². The molecule has 0 aliphatic heterocycles. The maximum Gasteiger partial charge on any atom is 0.137 e. The number of aromatic nitrogens is 4. The van der Waals surface area contributed by atoms with E-state index in [1.54, 1.807) is 6.20 Å². The van der Waals surface area contributed by atoms with Gasteiger partial charge in [0, 0.05) is 30.7 Å². The van der Waals surface area contributed by atoms with Gasteiger partial charge in [0.25, 0.3) is 0 Å². The number of imidazole rings is 1. The smallest absolute Gasteiger partial charge is 0.137 e. The standard InChI is InChI=1S/C28H30N6/c1-32(2)15-4-13-29-20-22-8-10-23(11-9-22)24-12-17-33-27(21-30-28(33)19-24)25-6-3-7-26(18-25)34-16-5-14-31-34/h3,5-12,14,16-19,21,29H,4,13,15,20H2,1-2H3. The molecule has 6 heteroatoms. The molecule has 0 bridgehead atoms. The Morgan fingerprint density at radius 2 is 1.76 bits per heavy atom. The number of rotatable bonds is 9. The van der Waals surface area contributed by atoms with Gasteiger partial charge in [-0.15, -0.1) is 0 Å². The predicted molar refractivity (Wildman–Crippen MR) is 138 cm³/mol. The Morgan fingerprint density at radius 3 is 2.56 bits per heavy atom. The monoisotopic (exact) mass is 450 g/mol. The maximum atomic E-state index is 4.69. The molecule has 0 amide bonds. The van der Waals surface area contributed by atoms with Gasteiger partial charge in [-0.25, -0.2) is 9.67 Å². The van der Waals surface area contributed by atoms with Crippen molar-refractivity contribution < 1.29 is 0 Å². The van der Waals surface area contributed by atoms with Crippen LogP contribution in [-0.4, -0.2) is 51.2 Å². The van der Waals surface area contributed by atoms with E-state index in [-0.39, 0.29) is 0 Å². The van der Waals surface area contributed by atoms with E-state index in [2.05, 4.69) is 106 Å². The first-order valence-corrected chi connectivity index (χ1v) is 11.7. The van der Waals surface area contributed by atoms with Crippen molar-refractivity contribution in [3.8, 4) is 28.1 Å². The summed E-state index contributed by atoms with van der Waals surface area (Å²) in [7, 11) is 4.22. The van der Waals surface area contributed by atoms with Crippen molar-refractivity contribution in [1.29, 1.82) is 0 Å². The van der Waals surface area contributed by atoms with Gasteiger partial charge >= 0.3 is 0 Å². The number of nitrogens with zero attached hydrogens (tertiary/aromatic N) is 5. The van der Waals surface area contributed by atoms with Gasteiger partial charge in [-0.3, -0.25) is 4.40 Å². The second-order valence-electron chi connectivity index (χ2n) is 8.82. The van der Waals surface area contributed by atoms with Crippen molar-refractivity contribution >= 4 is 5.65 Å². The molecule has 3 aromatic heterocycles. The van der Waals surface area contributed by atoms with Crippen LogP contribution >= 0.6 is 0 Å². The molecule has 0 saturated heterocycles. The third kappa shape index (κ3) is 4.93. The fourth-order valence-electron chi connectivity index (χ4n) is 4.17. The number of fused-ring (bicyclic) bond motifs is 1. The number of hydrogen-bond acceptors (Lipinski definition) is 4. The van der Waals surface area contributed by atoms with E-state index < -0.39 is 0 Å². The molecule has 0 aliphatic carbocycles. The molecule has 5 rings (SSSR count). The molecule has 6 nitrogen and oxygen atoms in total. The predicted octanol–water partition coefficient (Wildman–Crippen LogP) is 4.90. The molecular weight excluding hydrogens is 420 g/mol. The molecule has 0 atom stereocenters. The highest BCUT2D eigenvalue weighted by atomic mass is 15.3. The first kappa shape index (κ1) is 22.1. The fraction of sp³-hybridized carbons (Fsp3) is 0.214. The summed E-state index contributed by atoms with van der Waals surface area (Å²) in [5.41, 5.74) is 7.80. The van der Waals surface area contributed by atoms with Crippen molar-refractivity contribution in [2.24, 2.45) is 0 Å². The Hall–Kier alpha value is -3.74. The number of nitrogens with one attached hydrogen (secondary N) is 1. The van der Waals surface area contributed by atoms with Crippen LogP contribution in [0.25, 0.3) is 33.7 Å². The lowest BCUT2D eigenvalue weighted by molar-refractivity contribution is 0.394. The van der Waals surface area contributed by atoms with Crippen LogP contribution in [0.3, 0.4) is 0 Å². The Balaban J connectivity index is 1.31. The molecule has 0 spiro atoms. The lowest BCUT2D eigenvalue weighted by Crippen LogP contribution is -2.20. The van der Waals surface area contributed by atoms with Crippen LogP contribution in [0.5, 0.6) is 0 Å². The largest absolute Gasteiger partial charge is 0.313 e. The van der Waals surface area contributed by atoms with Crippen molar-refractivity contribution in [3.05, 3.63) is 97.1 Å². The minimum Gasteiger partial charge on any atom is -0.313 e. The highest BCUT2D eigenvalue weighted by Crippen LogP contribution is 2.26. The highest BCUT2D eigenvalue weighted by Gasteiger charge is 2.09. The Bertz CT molecular complexity index is 1350. The summed E-state index contributed by atoms with van der Waals surface area (Å²) in [5, 5.41) is 7.87. The minimum atomic E-state index is 0.897. The van der Waals surface area contributed by atoms with Gasteiger partial charge in [-0.1, -0.05) is 36.4 Å². The van der Waals surface area contributed by atoms with Crippen LogP contribution in [0.15, 0.2) is 91.5 Å². The minimum absolute atomic E-state index is 0.897. The molecule has 0 saturated carbocycles. The summed E-state index contributed by atoms with van der Waals surface area (Å²) >= 11 is 0. The van der Waals surface area contributed by atoms with E-state index >= 15 is 0 Å². The molecule has 0 aliphatic rings. The Morgan fingerprint density at radius 1 is 0.882 bits per heavy atom. The molecule has 1 N–H and O–H groups in total. The van der Waals surface area contributed by atoms with Crippen LogP contribution in [-0.2, 0) is 6.54 Å². The van der Waals surface area contributed by atoms with Gasteiger partial charge in [0.1, 0.15) is 5.65 Å². The van der Waals surface area contributed by atoms with Crippen LogP contribution in [0.1, 0.15) is 12.0 Å². The summed E-state index contributed by atoms with van der Waals surface area (Å²) in [6.07, 6.45) is 8.94. The second kappa shape index (κ2) is 10.0. The third-order valence-electron chi connectivity index (χ3n) is 6.00. The molecule has 34 heavy (non-hydrogen) atoms. The summed E-state index contributed by atoms with van der Waals surface area (Å²) in [5.74, 6) is 0. The molecule has 2 aromatic carbocycles. The normalized spacial score (nSPS) is 11.5. The van der Waals surface area contributed by atoms with Crippen molar-refractivity contribution in [1.82, 2.24) is 29.4 Å². The summed E-state index contributed by atoms with van der Waals surface area (Å²) in [4.78, 5) is 6.91. The van der Waals surface area contributed by atoms with Gasteiger partial charge in [-0.05, 0) is 80.6 Å².